The van der Waals surface area contributed by atoms with Gasteiger partial charge < -0.3 is 9.32 Å². The molecule has 3 rings (SSSR count). The molecule has 1 fully saturated rings. The molecule has 0 bridgehead atoms. The Morgan fingerprint density at radius 2 is 2.00 bits per heavy atom. The Kier molecular flexibility index (Phi) is 4.91. The van der Waals surface area contributed by atoms with Crippen LogP contribution in [0, 0.1) is 11.3 Å². The molecule has 0 aliphatic carbocycles. The topological polar surface area (TPSA) is 91.4 Å². The highest BCUT2D eigenvalue weighted by molar-refractivity contribution is 7.91. The minimum Gasteiger partial charge on any atom is -0.468 e. The molecule has 1 aromatic carbocycles. The molecule has 2 heterocycles. The number of carbonyl (C=O) groups excluding carboxylic acids is 1. The van der Waals surface area contributed by atoms with Crippen LogP contribution in [0.4, 0.5) is 0 Å². The number of hydrogen-bond donors (Lipinski definition) is 0. The number of hydrogen-bond acceptors (Lipinski definition) is 5. The van der Waals surface area contributed by atoms with E-state index < -0.39 is 15.1 Å². The number of furan rings is 1. The van der Waals surface area contributed by atoms with Gasteiger partial charge in [0.2, 0.25) is 0 Å². The zero-order chi connectivity index (χ0) is 17.9. The molecule has 1 aliphatic heterocycles. The van der Waals surface area contributed by atoms with Crippen molar-refractivity contribution in [1.82, 2.24) is 4.90 Å². The molecule has 25 heavy (non-hydrogen) atoms. The van der Waals surface area contributed by atoms with Crippen molar-refractivity contribution < 1.29 is 17.6 Å². The first-order valence-corrected chi connectivity index (χ1v) is 9.74. The van der Waals surface area contributed by atoms with Crippen LogP contribution >= 0.6 is 0 Å². The number of nitriles is 1. The zero-order valence-electron chi connectivity index (χ0n) is 13.6. The summed E-state index contributed by atoms with van der Waals surface area (Å²) in [7, 11) is -3.31. The average Bonchev–Trinajstić information content (AvgIpc) is 3.13. The fourth-order valence-electron chi connectivity index (χ4n) is 3.03. The van der Waals surface area contributed by atoms with Crippen molar-refractivity contribution in [3.05, 3.63) is 59.5 Å². The first-order valence-electron chi connectivity index (χ1n) is 8.03. The number of carbonyl (C=O) groups is 1. The Morgan fingerprint density at radius 3 is 2.64 bits per heavy atom. The molecule has 0 radical (unpaired) electrons. The van der Waals surface area contributed by atoms with Crippen LogP contribution < -0.4 is 0 Å². The monoisotopic (exact) mass is 358 g/mol. The highest BCUT2D eigenvalue weighted by Crippen LogP contribution is 2.23. The number of sulfone groups is 1. The van der Waals surface area contributed by atoms with Crippen molar-refractivity contribution in [2.24, 2.45) is 0 Å². The second-order valence-corrected chi connectivity index (χ2v) is 8.35. The van der Waals surface area contributed by atoms with Crippen LogP contribution in [0.5, 0.6) is 0 Å². The van der Waals surface area contributed by atoms with Gasteiger partial charge in [0.05, 0.1) is 23.1 Å². The van der Waals surface area contributed by atoms with E-state index in [0.717, 1.165) is 0 Å². The number of benzene rings is 1. The summed E-state index contributed by atoms with van der Waals surface area (Å²) in [6, 6.07) is 11.9. The molecule has 130 valence electrons. The Balaban J connectivity index is 1.63. The number of nitrogens with zero attached hydrogens (tertiary/aromatic N) is 2. The van der Waals surface area contributed by atoms with Gasteiger partial charge in [-0.05, 0) is 43.2 Å². The Hall–Kier alpha value is -2.59. The molecule has 6 nitrogen and oxygen atoms in total. The minimum absolute atomic E-state index is 0.108. The van der Waals surface area contributed by atoms with Crippen molar-refractivity contribution in [2.45, 2.75) is 23.8 Å². The zero-order valence-corrected chi connectivity index (χ0v) is 14.4. The van der Waals surface area contributed by atoms with E-state index in [1.165, 1.54) is 6.26 Å². The number of amides is 1. The smallest absolute Gasteiger partial charge is 0.253 e. The maximum Gasteiger partial charge on any atom is 0.253 e. The molecule has 0 saturated carbocycles. The third-order valence-electron chi connectivity index (χ3n) is 4.40. The van der Waals surface area contributed by atoms with E-state index in [1.807, 2.05) is 6.07 Å². The van der Waals surface area contributed by atoms with Crippen molar-refractivity contribution >= 4 is 15.7 Å². The van der Waals surface area contributed by atoms with Crippen molar-refractivity contribution in [3.63, 3.8) is 0 Å². The van der Waals surface area contributed by atoms with E-state index in [4.69, 9.17) is 9.68 Å². The fraction of sp³-hybridized carbons (Fsp3) is 0.333. The van der Waals surface area contributed by atoms with Crippen LogP contribution in [0.2, 0.25) is 0 Å². The standard InChI is InChI=1S/C18H18N2O4S/c19-12-14-3-1-4-15(11-14)18(21)20-8-6-17(7-9-20)25(22,23)13-16-5-2-10-24-16/h1-5,10-11,17H,6-9,13H2. The van der Waals surface area contributed by atoms with E-state index in [0.29, 0.717) is 42.8 Å². The maximum absolute atomic E-state index is 12.5. The second-order valence-electron chi connectivity index (χ2n) is 6.07. The molecule has 2 aromatic rings. The van der Waals surface area contributed by atoms with Crippen LogP contribution in [-0.2, 0) is 15.6 Å². The normalized spacial score (nSPS) is 15.7. The number of likely N-dealkylation sites (tertiary alicyclic amines) is 1. The number of piperidine rings is 1. The molecule has 0 N–H and O–H groups in total. The summed E-state index contributed by atoms with van der Waals surface area (Å²) in [6.07, 6.45) is 2.28. The lowest BCUT2D eigenvalue weighted by atomic mass is 10.1. The highest BCUT2D eigenvalue weighted by Gasteiger charge is 2.32. The lowest BCUT2D eigenvalue weighted by Crippen LogP contribution is -2.42. The first-order chi connectivity index (χ1) is 12.0. The van der Waals surface area contributed by atoms with E-state index >= 15 is 0 Å². The minimum atomic E-state index is -3.31. The van der Waals surface area contributed by atoms with Crippen LogP contribution in [0.1, 0.15) is 34.5 Å². The quantitative estimate of drug-likeness (QED) is 0.837. The van der Waals surface area contributed by atoms with Gasteiger partial charge in [-0.15, -0.1) is 0 Å². The summed E-state index contributed by atoms with van der Waals surface area (Å²) >= 11 is 0. The van der Waals surface area contributed by atoms with Gasteiger partial charge in [-0.3, -0.25) is 4.79 Å². The molecule has 0 atom stereocenters. The molecule has 1 saturated heterocycles. The predicted octanol–water partition coefficient (Wildman–Crippen LogP) is 2.37. The summed E-state index contributed by atoms with van der Waals surface area (Å²) in [5.74, 6) is 0.161. The summed E-state index contributed by atoms with van der Waals surface area (Å²) in [4.78, 5) is 14.2. The third kappa shape index (κ3) is 3.91. The van der Waals surface area contributed by atoms with Crippen molar-refractivity contribution in [1.29, 1.82) is 5.26 Å². The van der Waals surface area contributed by atoms with Crippen molar-refractivity contribution in [3.8, 4) is 6.07 Å². The maximum atomic E-state index is 12.5. The third-order valence-corrected chi connectivity index (χ3v) is 6.57. The van der Waals surface area contributed by atoms with Crippen LogP contribution in [0.15, 0.2) is 47.1 Å². The van der Waals surface area contributed by atoms with Crippen LogP contribution in [0.25, 0.3) is 0 Å². The predicted molar refractivity (Wildman–Crippen MR) is 91.4 cm³/mol. The van der Waals surface area contributed by atoms with Gasteiger partial charge in [0, 0.05) is 18.7 Å². The molecular formula is C18H18N2O4S. The largest absolute Gasteiger partial charge is 0.468 e. The van der Waals surface area contributed by atoms with Gasteiger partial charge >= 0.3 is 0 Å². The van der Waals surface area contributed by atoms with Gasteiger partial charge in [0.15, 0.2) is 9.84 Å². The van der Waals surface area contributed by atoms with E-state index in [1.54, 1.807) is 41.3 Å². The van der Waals surface area contributed by atoms with Gasteiger partial charge in [-0.25, -0.2) is 8.42 Å². The molecule has 0 unspecified atom stereocenters. The van der Waals surface area contributed by atoms with Crippen molar-refractivity contribution in [2.75, 3.05) is 13.1 Å². The first kappa shape index (κ1) is 17.2. The fourth-order valence-corrected chi connectivity index (χ4v) is 4.76. The SMILES string of the molecule is N#Cc1cccc(C(=O)N2CCC(S(=O)(=O)Cc3ccco3)CC2)c1. The summed E-state index contributed by atoms with van der Waals surface area (Å²) in [6.45, 7) is 0.773. The molecule has 1 aliphatic rings. The molecular weight excluding hydrogens is 340 g/mol. The summed E-state index contributed by atoms with van der Waals surface area (Å²) in [5, 5.41) is 8.47. The van der Waals surface area contributed by atoms with E-state index in [9.17, 15) is 13.2 Å². The lowest BCUT2D eigenvalue weighted by molar-refractivity contribution is 0.0725. The van der Waals surface area contributed by atoms with E-state index in [2.05, 4.69) is 0 Å². The Morgan fingerprint density at radius 1 is 1.24 bits per heavy atom. The van der Waals surface area contributed by atoms with E-state index in [-0.39, 0.29) is 11.7 Å². The van der Waals surface area contributed by atoms with Gasteiger partial charge in [0.1, 0.15) is 11.5 Å². The number of rotatable bonds is 4. The van der Waals surface area contributed by atoms with Gasteiger partial charge in [-0.2, -0.15) is 5.26 Å². The Bertz CT molecular complexity index is 889. The van der Waals surface area contributed by atoms with Gasteiger partial charge in [0.25, 0.3) is 5.91 Å². The average molecular weight is 358 g/mol. The lowest BCUT2D eigenvalue weighted by Gasteiger charge is -2.31. The second kappa shape index (κ2) is 7.11. The van der Waals surface area contributed by atoms with Crippen LogP contribution in [0.3, 0.4) is 0 Å². The molecule has 1 amide bonds. The Labute approximate surface area is 146 Å². The summed E-state index contributed by atoms with van der Waals surface area (Å²) < 4.78 is 30.1. The molecule has 0 spiro atoms. The van der Waals surface area contributed by atoms with Gasteiger partial charge in [-0.1, -0.05) is 6.07 Å². The molecule has 1 aromatic heterocycles. The molecule has 7 heteroatoms. The highest BCUT2D eigenvalue weighted by atomic mass is 32.2. The summed E-state index contributed by atoms with van der Waals surface area (Å²) in [5.41, 5.74) is 0.887. The van der Waals surface area contributed by atoms with Crippen LogP contribution in [-0.4, -0.2) is 37.6 Å².